The van der Waals surface area contributed by atoms with Crippen LogP contribution in [-0.4, -0.2) is 38.2 Å². The molecule has 4 heteroatoms. The lowest BCUT2D eigenvalue weighted by Gasteiger charge is -2.14. The van der Waals surface area contributed by atoms with E-state index >= 15 is 0 Å². The maximum absolute atomic E-state index is 9.58. The predicted molar refractivity (Wildman–Crippen MR) is 58.4 cm³/mol. The Morgan fingerprint density at radius 2 is 2.00 bits per heavy atom. The second-order valence-electron chi connectivity index (χ2n) is 3.52. The van der Waals surface area contributed by atoms with Crippen LogP contribution >= 0.6 is 0 Å². The Bertz CT molecular complexity index is 291. The summed E-state index contributed by atoms with van der Waals surface area (Å²) in [5, 5.41) is 9.58. The molecule has 0 bridgehead atoms. The van der Waals surface area contributed by atoms with Gasteiger partial charge in [-0.2, -0.15) is 0 Å². The van der Waals surface area contributed by atoms with E-state index < -0.39 is 7.12 Å². The molecule has 0 aromatic heterocycles. The van der Waals surface area contributed by atoms with Crippen LogP contribution in [0.1, 0.15) is 5.56 Å². The molecule has 14 heavy (non-hydrogen) atoms. The molecule has 0 atom stereocenters. The van der Waals surface area contributed by atoms with E-state index in [0.29, 0.717) is 0 Å². The van der Waals surface area contributed by atoms with Crippen molar-refractivity contribution in [2.45, 2.75) is 6.54 Å². The zero-order valence-electron chi connectivity index (χ0n) is 8.90. The minimum Gasteiger partial charge on any atom is -0.423 e. The first-order chi connectivity index (χ1) is 6.65. The van der Waals surface area contributed by atoms with Gasteiger partial charge in [-0.15, -0.1) is 0 Å². The molecule has 0 aliphatic rings. The van der Waals surface area contributed by atoms with E-state index in [-0.39, 0.29) is 0 Å². The van der Waals surface area contributed by atoms with Crippen molar-refractivity contribution in [1.82, 2.24) is 4.90 Å². The normalized spacial score (nSPS) is 10.6. The fraction of sp³-hybridized carbons (Fsp3) is 0.400. The van der Waals surface area contributed by atoms with E-state index in [9.17, 15) is 5.02 Å². The Hall–Kier alpha value is -0.835. The van der Waals surface area contributed by atoms with Crippen molar-refractivity contribution >= 4 is 12.6 Å². The van der Waals surface area contributed by atoms with Crippen molar-refractivity contribution in [1.29, 1.82) is 0 Å². The van der Waals surface area contributed by atoms with Gasteiger partial charge in [-0.3, -0.25) is 0 Å². The maximum Gasteiger partial charge on any atom is 0.491 e. The lowest BCUT2D eigenvalue weighted by molar-refractivity contribution is 0.340. The Balaban J connectivity index is 2.91. The fourth-order valence-corrected chi connectivity index (χ4v) is 1.39. The fourth-order valence-electron chi connectivity index (χ4n) is 1.39. The summed E-state index contributed by atoms with van der Waals surface area (Å²) in [4.78, 5) is 2.06. The second kappa shape index (κ2) is 5.15. The molecule has 1 N–H and O–H groups in total. The van der Waals surface area contributed by atoms with Crippen LogP contribution in [0.25, 0.3) is 0 Å². The Morgan fingerprint density at radius 1 is 1.36 bits per heavy atom. The van der Waals surface area contributed by atoms with Gasteiger partial charge in [-0.1, -0.05) is 24.3 Å². The van der Waals surface area contributed by atoms with Crippen LogP contribution in [0.5, 0.6) is 0 Å². The first-order valence-corrected chi connectivity index (χ1v) is 4.58. The summed E-state index contributed by atoms with van der Waals surface area (Å²) < 4.78 is 4.90. The molecule has 1 rings (SSSR count). The molecule has 0 saturated carbocycles. The van der Waals surface area contributed by atoms with Crippen LogP contribution in [0.3, 0.4) is 0 Å². The van der Waals surface area contributed by atoms with Crippen molar-refractivity contribution in [3.63, 3.8) is 0 Å². The third-order valence-electron chi connectivity index (χ3n) is 2.03. The quantitative estimate of drug-likeness (QED) is 0.687. The van der Waals surface area contributed by atoms with E-state index in [1.807, 2.05) is 38.4 Å². The summed E-state index contributed by atoms with van der Waals surface area (Å²) in [5.74, 6) is 0. The van der Waals surface area contributed by atoms with Crippen molar-refractivity contribution in [3.8, 4) is 0 Å². The van der Waals surface area contributed by atoms with Crippen LogP contribution in [0.2, 0.25) is 0 Å². The minimum atomic E-state index is -0.828. The van der Waals surface area contributed by atoms with Gasteiger partial charge in [-0.25, -0.2) is 0 Å². The third-order valence-corrected chi connectivity index (χ3v) is 2.03. The van der Waals surface area contributed by atoms with Crippen LogP contribution < -0.4 is 5.46 Å². The molecule has 3 nitrogen and oxygen atoms in total. The van der Waals surface area contributed by atoms with Crippen LogP contribution in [-0.2, 0) is 11.2 Å². The van der Waals surface area contributed by atoms with Crippen LogP contribution in [0.4, 0.5) is 0 Å². The highest BCUT2D eigenvalue weighted by molar-refractivity contribution is 6.60. The standard InChI is InChI=1S/C10H16BNO2/c1-12(2)8-9-6-4-5-7-10(9)11(13)14-3/h4-7,13H,8H2,1-3H3. The molecule has 1 aromatic carbocycles. The SMILES string of the molecule is COB(O)c1ccccc1CN(C)C. The van der Waals surface area contributed by atoms with Crippen molar-refractivity contribution < 1.29 is 9.68 Å². The van der Waals surface area contributed by atoms with Gasteiger partial charge in [0.2, 0.25) is 0 Å². The molecule has 76 valence electrons. The summed E-state index contributed by atoms with van der Waals surface area (Å²) >= 11 is 0. The zero-order chi connectivity index (χ0) is 10.6. The third kappa shape index (κ3) is 2.84. The Kier molecular flexibility index (Phi) is 4.13. The molecular weight excluding hydrogens is 177 g/mol. The number of rotatable bonds is 4. The molecule has 0 fully saturated rings. The van der Waals surface area contributed by atoms with Gasteiger partial charge in [0.1, 0.15) is 0 Å². The lowest BCUT2D eigenvalue weighted by atomic mass is 9.76. The first kappa shape index (κ1) is 11.2. The van der Waals surface area contributed by atoms with Crippen LogP contribution in [0, 0.1) is 0 Å². The van der Waals surface area contributed by atoms with Gasteiger partial charge < -0.3 is 14.6 Å². The van der Waals surface area contributed by atoms with E-state index in [2.05, 4.69) is 4.90 Å². The predicted octanol–water partition coefficient (Wildman–Crippen LogP) is 0.0821. The summed E-state index contributed by atoms with van der Waals surface area (Å²) in [6, 6.07) is 7.74. The molecular formula is C10H16BNO2. The molecule has 0 spiro atoms. The van der Waals surface area contributed by atoms with Crippen molar-refractivity contribution in [2.24, 2.45) is 0 Å². The average Bonchev–Trinajstić information content (AvgIpc) is 2.16. The summed E-state index contributed by atoms with van der Waals surface area (Å²) in [7, 11) is 4.66. The topological polar surface area (TPSA) is 32.7 Å². The van der Waals surface area contributed by atoms with Crippen molar-refractivity contribution in [2.75, 3.05) is 21.2 Å². The zero-order valence-corrected chi connectivity index (χ0v) is 8.90. The number of benzene rings is 1. The Morgan fingerprint density at radius 3 is 2.57 bits per heavy atom. The molecule has 0 saturated heterocycles. The molecule has 0 unspecified atom stereocenters. The summed E-state index contributed by atoms with van der Waals surface area (Å²) in [6.45, 7) is 0.802. The van der Waals surface area contributed by atoms with Gasteiger partial charge in [0, 0.05) is 13.7 Å². The minimum absolute atomic E-state index is 0.802. The molecule has 0 heterocycles. The van der Waals surface area contributed by atoms with E-state index in [4.69, 9.17) is 4.65 Å². The largest absolute Gasteiger partial charge is 0.491 e. The monoisotopic (exact) mass is 193 g/mol. The van der Waals surface area contributed by atoms with Gasteiger partial charge in [0.25, 0.3) is 0 Å². The first-order valence-electron chi connectivity index (χ1n) is 4.58. The highest BCUT2D eigenvalue weighted by atomic mass is 16.5. The highest BCUT2D eigenvalue weighted by Gasteiger charge is 2.17. The number of nitrogens with zero attached hydrogens (tertiary/aromatic N) is 1. The average molecular weight is 193 g/mol. The van der Waals surface area contributed by atoms with Gasteiger partial charge in [0.15, 0.2) is 0 Å². The molecule has 0 aliphatic carbocycles. The van der Waals surface area contributed by atoms with E-state index in [0.717, 1.165) is 17.6 Å². The lowest BCUT2D eigenvalue weighted by Crippen LogP contribution is -2.36. The molecule has 0 amide bonds. The Labute approximate surface area is 85.5 Å². The number of hydrogen-bond donors (Lipinski definition) is 1. The number of hydrogen-bond acceptors (Lipinski definition) is 3. The van der Waals surface area contributed by atoms with E-state index in [1.165, 1.54) is 7.11 Å². The summed E-state index contributed by atoms with van der Waals surface area (Å²) in [5.41, 5.74) is 1.93. The highest BCUT2D eigenvalue weighted by Crippen LogP contribution is 2.00. The van der Waals surface area contributed by atoms with Crippen LogP contribution in [0.15, 0.2) is 24.3 Å². The van der Waals surface area contributed by atoms with Crippen molar-refractivity contribution in [3.05, 3.63) is 29.8 Å². The second-order valence-corrected chi connectivity index (χ2v) is 3.52. The molecule has 0 radical (unpaired) electrons. The summed E-state index contributed by atoms with van der Waals surface area (Å²) in [6.07, 6.45) is 0. The van der Waals surface area contributed by atoms with Gasteiger partial charge >= 0.3 is 7.12 Å². The maximum atomic E-state index is 9.58. The van der Waals surface area contributed by atoms with E-state index in [1.54, 1.807) is 0 Å². The smallest absolute Gasteiger partial charge is 0.423 e. The molecule has 1 aromatic rings. The molecule has 0 aliphatic heterocycles. The van der Waals surface area contributed by atoms with Gasteiger partial charge in [-0.05, 0) is 25.1 Å². The van der Waals surface area contributed by atoms with Gasteiger partial charge in [0.05, 0.1) is 0 Å².